The number of carbonyl (C=O) groups excluding carboxylic acids is 2. The Hall–Kier alpha value is -1.10. The molecule has 0 aromatic rings. The summed E-state index contributed by atoms with van der Waals surface area (Å²) < 4.78 is 10.1. The van der Waals surface area contributed by atoms with E-state index in [9.17, 15) is 14.7 Å². The van der Waals surface area contributed by atoms with Crippen LogP contribution in [0.4, 0.5) is 0 Å². The van der Waals surface area contributed by atoms with Crippen LogP contribution >= 0.6 is 0 Å². The number of unbranched alkanes of at least 4 members (excludes halogenated alkanes) is 21. The largest absolute Gasteiger partial charge is 0.462 e. The summed E-state index contributed by atoms with van der Waals surface area (Å²) in [5.74, 6) is -0.682. The van der Waals surface area contributed by atoms with Gasteiger partial charge in [0.15, 0.2) is 6.10 Å². The van der Waals surface area contributed by atoms with Crippen molar-refractivity contribution in [2.45, 2.75) is 174 Å². The normalized spacial score (nSPS) is 12.0. The van der Waals surface area contributed by atoms with Crippen LogP contribution < -0.4 is 0 Å². The topological polar surface area (TPSA) is 72.8 Å². The highest BCUT2D eigenvalue weighted by Crippen LogP contribution is 2.15. The molecule has 0 aliphatic rings. The predicted molar refractivity (Wildman–Crippen MR) is 150 cm³/mol. The number of aliphatic hydroxyl groups is 1. The van der Waals surface area contributed by atoms with Gasteiger partial charge in [0, 0.05) is 12.8 Å². The average molecular weight is 513 g/mol. The van der Waals surface area contributed by atoms with E-state index >= 15 is 0 Å². The Balaban J connectivity index is 3.27. The minimum Gasteiger partial charge on any atom is -0.462 e. The third-order valence-electron chi connectivity index (χ3n) is 6.96. The van der Waals surface area contributed by atoms with Gasteiger partial charge in [-0.15, -0.1) is 0 Å². The highest BCUT2D eigenvalue weighted by atomic mass is 16.6. The lowest BCUT2D eigenvalue weighted by Crippen LogP contribution is -2.28. The molecule has 0 rings (SSSR count). The number of hydrogen-bond acceptors (Lipinski definition) is 5. The monoisotopic (exact) mass is 512 g/mol. The van der Waals surface area contributed by atoms with Gasteiger partial charge in [-0.25, -0.2) is 0 Å². The van der Waals surface area contributed by atoms with E-state index in [2.05, 4.69) is 6.92 Å². The molecule has 1 unspecified atom stereocenters. The molecule has 0 fully saturated rings. The Morgan fingerprint density at radius 1 is 0.556 bits per heavy atom. The van der Waals surface area contributed by atoms with Crippen molar-refractivity contribution in [3.8, 4) is 0 Å². The lowest BCUT2D eigenvalue weighted by molar-refractivity contribution is -0.161. The molecular formula is C31H60O5. The first kappa shape index (κ1) is 34.9. The van der Waals surface area contributed by atoms with Gasteiger partial charge in [0.1, 0.15) is 6.61 Å². The van der Waals surface area contributed by atoms with Crippen LogP contribution in [-0.2, 0) is 19.1 Å². The second-order valence-electron chi connectivity index (χ2n) is 10.5. The molecule has 1 atom stereocenters. The Labute approximate surface area is 223 Å². The van der Waals surface area contributed by atoms with Crippen LogP contribution in [0.3, 0.4) is 0 Å². The van der Waals surface area contributed by atoms with Crippen LogP contribution in [-0.4, -0.2) is 36.4 Å². The van der Waals surface area contributed by atoms with Gasteiger partial charge < -0.3 is 14.6 Å². The predicted octanol–water partition coefficient (Wildman–Crippen LogP) is 8.84. The minimum absolute atomic E-state index is 0.0751. The van der Waals surface area contributed by atoms with E-state index in [1.165, 1.54) is 122 Å². The van der Waals surface area contributed by atoms with Crippen molar-refractivity contribution in [2.75, 3.05) is 13.2 Å². The van der Waals surface area contributed by atoms with Gasteiger partial charge in [0.25, 0.3) is 0 Å². The molecule has 5 nitrogen and oxygen atoms in total. The molecule has 5 heteroatoms. The molecule has 214 valence electrons. The van der Waals surface area contributed by atoms with Crippen molar-refractivity contribution in [2.24, 2.45) is 0 Å². The SMILES string of the molecule is CCCCCCCCCCCCCCCCCCCCCCCCC(=O)OC(CO)COC(=O)CC. The summed E-state index contributed by atoms with van der Waals surface area (Å²) in [6.07, 6.45) is 29.4. The Morgan fingerprint density at radius 2 is 0.917 bits per heavy atom. The molecule has 0 saturated heterocycles. The van der Waals surface area contributed by atoms with Crippen molar-refractivity contribution in [1.29, 1.82) is 0 Å². The molecule has 0 aromatic heterocycles. The molecule has 1 N–H and O–H groups in total. The second kappa shape index (κ2) is 28.5. The fourth-order valence-corrected chi connectivity index (χ4v) is 4.53. The maximum absolute atomic E-state index is 11.9. The smallest absolute Gasteiger partial charge is 0.306 e. The minimum atomic E-state index is -0.757. The zero-order valence-corrected chi connectivity index (χ0v) is 24.0. The summed E-state index contributed by atoms with van der Waals surface area (Å²) >= 11 is 0. The average Bonchev–Trinajstić information content (AvgIpc) is 2.89. The van der Waals surface area contributed by atoms with E-state index in [0.29, 0.717) is 6.42 Å². The van der Waals surface area contributed by atoms with Crippen molar-refractivity contribution < 1.29 is 24.2 Å². The van der Waals surface area contributed by atoms with Gasteiger partial charge in [-0.2, -0.15) is 0 Å². The van der Waals surface area contributed by atoms with Gasteiger partial charge >= 0.3 is 11.9 Å². The third kappa shape index (κ3) is 26.0. The Morgan fingerprint density at radius 3 is 1.25 bits per heavy atom. The highest BCUT2D eigenvalue weighted by molar-refractivity contribution is 5.70. The highest BCUT2D eigenvalue weighted by Gasteiger charge is 2.15. The van der Waals surface area contributed by atoms with Crippen LogP contribution in [0.1, 0.15) is 168 Å². The fourth-order valence-electron chi connectivity index (χ4n) is 4.53. The summed E-state index contributed by atoms with van der Waals surface area (Å²) in [4.78, 5) is 23.0. The quantitative estimate of drug-likeness (QED) is 0.0837. The van der Waals surface area contributed by atoms with Crippen LogP contribution in [0.5, 0.6) is 0 Å². The number of rotatable bonds is 28. The fraction of sp³-hybridized carbons (Fsp3) is 0.935. The number of ether oxygens (including phenoxy) is 2. The van der Waals surface area contributed by atoms with E-state index in [4.69, 9.17) is 9.47 Å². The van der Waals surface area contributed by atoms with Crippen LogP contribution in [0.2, 0.25) is 0 Å². The molecule has 0 aliphatic heterocycles. The number of hydrogen-bond donors (Lipinski definition) is 1. The summed E-state index contributed by atoms with van der Waals surface area (Å²) in [6, 6.07) is 0. The van der Waals surface area contributed by atoms with Crippen molar-refractivity contribution in [3.05, 3.63) is 0 Å². The Bertz CT molecular complexity index is 480. The van der Waals surface area contributed by atoms with Crippen molar-refractivity contribution in [1.82, 2.24) is 0 Å². The summed E-state index contributed by atoms with van der Waals surface area (Å²) in [7, 11) is 0. The standard InChI is InChI=1S/C31H60O5/c1-3-5-6-7-8-9-10-11-12-13-14-15-16-17-18-19-20-21-22-23-24-25-26-31(34)36-29(27-32)28-35-30(33)4-2/h29,32H,3-28H2,1-2H3. The van der Waals surface area contributed by atoms with Crippen molar-refractivity contribution >= 4 is 11.9 Å². The first-order valence-electron chi connectivity index (χ1n) is 15.6. The molecule has 0 bridgehead atoms. The van der Waals surface area contributed by atoms with E-state index in [-0.39, 0.29) is 31.6 Å². The van der Waals surface area contributed by atoms with Gasteiger partial charge in [-0.1, -0.05) is 149 Å². The lowest BCUT2D eigenvalue weighted by atomic mass is 10.0. The van der Waals surface area contributed by atoms with E-state index in [1.54, 1.807) is 6.92 Å². The lowest BCUT2D eigenvalue weighted by Gasteiger charge is -2.15. The van der Waals surface area contributed by atoms with E-state index < -0.39 is 6.10 Å². The van der Waals surface area contributed by atoms with Crippen LogP contribution in [0.15, 0.2) is 0 Å². The molecule has 0 heterocycles. The maximum Gasteiger partial charge on any atom is 0.306 e. The van der Waals surface area contributed by atoms with E-state index in [1.807, 2.05) is 0 Å². The zero-order chi connectivity index (χ0) is 26.5. The van der Waals surface area contributed by atoms with Gasteiger partial charge in [-0.3, -0.25) is 9.59 Å². The summed E-state index contributed by atoms with van der Waals surface area (Å²) in [5, 5.41) is 9.24. The molecule has 0 spiro atoms. The number of carbonyl (C=O) groups is 2. The molecule has 0 amide bonds. The second-order valence-corrected chi connectivity index (χ2v) is 10.5. The number of esters is 2. The van der Waals surface area contributed by atoms with E-state index in [0.717, 1.165) is 19.3 Å². The first-order valence-corrected chi connectivity index (χ1v) is 15.6. The van der Waals surface area contributed by atoms with Gasteiger partial charge in [0.05, 0.1) is 6.61 Å². The molecular weight excluding hydrogens is 452 g/mol. The molecule has 0 radical (unpaired) electrons. The van der Waals surface area contributed by atoms with Crippen molar-refractivity contribution in [3.63, 3.8) is 0 Å². The molecule has 0 saturated carbocycles. The Kier molecular flexibility index (Phi) is 27.6. The molecule has 0 aromatic carbocycles. The zero-order valence-electron chi connectivity index (χ0n) is 24.0. The summed E-state index contributed by atoms with van der Waals surface area (Å²) in [5.41, 5.74) is 0. The number of aliphatic hydroxyl groups excluding tert-OH is 1. The third-order valence-corrected chi connectivity index (χ3v) is 6.96. The van der Waals surface area contributed by atoms with Crippen LogP contribution in [0.25, 0.3) is 0 Å². The maximum atomic E-state index is 11.9. The molecule has 0 aliphatic carbocycles. The van der Waals surface area contributed by atoms with Gasteiger partial charge in [0.2, 0.25) is 0 Å². The summed E-state index contributed by atoms with van der Waals surface area (Å²) in [6.45, 7) is 3.58. The van der Waals surface area contributed by atoms with Crippen LogP contribution in [0, 0.1) is 0 Å². The van der Waals surface area contributed by atoms with Gasteiger partial charge in [-0.05, 0) is 6.42 Å². The molecule has 36 heavy (non-hydrogen) atoms. The first-order chi connectivity index (χ1) is 17.6.